The van der Waals surface area contributed by atoms with E-state index in [9.17, 15) is 9.59 Å². The lowest BCUT2D eigenvalue weighted by Gasteiger charge is -2.20. The average molecular weight is 375 g/mol. The van der Waals surface area contributed by atoms with E-state index in [1.807, 2.05) is 14.0 Å². The second-order valence-electron chi connectivity index (χ2n) is 7.31. The first-order valence-electron chi connectivity index (χ1n) is 9.74. The second-order valence-corrected chi connectivity index (χ2v) is 7.31. The summed E-state index contributed by atoms with van der Waals surface area (Å²) < 4.78 is 11.2. The molecule has 1 saturated carbocycles. The summed E-state index contributed by atoms with van der Waals surface area (Å²) in [5.74, 6) is -0.300. The minimum Gasteiger partial charge on any atom is -0.459 e. The summed E-state index contributed by atoms with van der Waals surface area (Å²) in [7, 11) is 2.01. The first kappa shape index (κ1) is 19.6. The maximum absolute atomic E-state index is 12.3. The molecule has 1 saturated heterocycles. The van der Waals surface area contributed by atoms with Gasteiger partial charge >= 0.3 is 12.0 Å². The Hall–Kier alpha value is -2.12. The number of anilines is 1. The zero-order valence-corrected chi connectivity index (χ0v) is 16.1. The van der Waals surface area contributed by atoms with Gasteiger partial charge in [-0.1, -0.05) is 0 Å². The third kappa shape index (κ3) is 5.43. The molecule has 1 heterocycles. The maximum Gasteiger partial charge on any atom is 0.338 e. The highest BCUT2D eigenvalue weighted by molar-refractivity contribution is 5.92. The fourth-order valence-electron chi connectivity index (χ4n) is 3.73. The predicted octanol–water partition coefficient (Wildman–Crippen LogP) is 2.63. The van der Waals surface area contributed by atoms with E-state index in [1.54, 1.807) is 24.3 Å². The molecule has 2 N–H and O–H groups in total. The number of carbonyl (C=O) groups is 2. The number of nitrogens with zero attached hydrogens (tertiary/aromatic N) is 1. The molecular weight excluding hydrogens is 346 g/mol. The quantitative estimate of drug-likeness (QED) is 0.747. The molecule has 1 aromatic carbocycles. The molecule has 0 bridgehead atoms. The molecule has 2 fully saturated rings. The van der Waals surface area contributed by atoms with Crippen molar-refractivity contribution in [3.05, 3.63) is 29.8 Å². The number of hydrogen-bond donors (Lipinski definition) is 2. The van der Waals surface area contributed by atoms with Crippen molar-refractivity contribution in [1.29, 1.82) is 0 Å². The Morgan fingerprint density at radius 2 is 1.85 bits per heavy atom. The lowest BCUT2D eigenvalue weighted by molar-refractivity contribution is 0.0318. The highest BCUT2D eigenvalue weighted by Gasteiger charge is 2.32. The fourth-order valence-corrected chi connectivity index (χ4v) is 3.73. The third-order valence-corrected chi connectivity index (χ3v) is 5.10. The fraction of sp³-hybridized carbons (Fsp3) is 0.600. The summed E-state index contributed by atoms with van der Waals surface area (Å²) in [6.07, 6.45) is 4.19. The maximum atomic E-state index is 12.3. The van der Waals surface area contributed by atoms with Gasteiger partial charge in [-0.2, -0.15) is 0 Å². The van der Waals surface area contributed by atoms with Crippen LogP contribution >= 0.6 is 0 Å². The van der Waals surface area contributed by atoms with Crippen molar-refractivity contribution in [1.82, 2.24) is 10.2 Å². The van der Waals surface area contributed by atoms with E-state index in [1.165, 1.54) is 0 Å². The van der Waals surface area contributed by atoms with E-state index >= 15 is 0 Å². The van der Waals surface area contributed by atoms with Crippen LogP contribution in [0.15, 0.2) is 24.3 Å². The topological polar surface area (TPSA) is 79.9 Å². The SMILES string of the molecule is CCO[C@H]1CN(C)C[C@@H]1NC(=O)Nc1ccc(C(=O)OC2CCCC2)cc1. The van der Waals surface area contributed by atoms with Gasteiger partial charge in [0.05, 0.1) is 17.7 Å². The molecule has 27 heavy (non-hydrogen) atoms. The molecule has 0 radical (unpaired) electrons. The predicted molar refractivity (Wildman–Crippen MR) is 103 cm³/mol. The van der Waals surface area contributed by atoms with Crippen LogP contribution in [0.3, 0.4) is 0 Å². The average Bonchev–Trinajstić information content (AvgIpc) is 3.25. The first-order valence-corrected chi connectivity index (χ1v) is 9.74. The van der Waals surface area contributed by atoms with Crippen molar-refractivity contribution in [2.75, 3.05) is 32.1 Å². The Morgan fingerprint density at radius 3 is 2.52 bits per heavy atom. The Labute approximate surface area is 160 Å². The van der Waals surface area contributed by atoms with Crippen molar-refractivity contribution in [3.8, 4) is 0 Å². The van der Waals surface area contributed by atoms with Gasteiger partial charge in [-0.15, -0.1) is 0 Å². The smallest absolute Gasteiger partial charge is 0.338 e. The van der Waals surface area contributed by atoms with E-state index in [0.29, 0.717) is 17.9 Å². The van der Waals surface area contributed by atoms with Gasteiger partial charge in [0.2, 0.25) is 0 Å². The number of esters is 1. The highest BCUT2D eigenvalue weighted by Crippen LogP contribution is 2.22. The van der Waals surface area contributed by atoms with Crippen molar-refractivity contribution >= 4 is 17.7 Å². The molecule has 148 valence electrons. The van der Waals surface area contributed by atoms with Crippen LogP contribution < -0.4 is 10.6 Å². The van der Waals surface area contributed by atoms with Crippen molar-refractivity contribution < 1.29 is 19.1 Å². The molecule has 7 heteroatoms. The zero-order chi connectivity index (χ0) is 19.2. The van der Waals surface area contributed by atoms with E-state index < -0.39 is 0 Å². The van der Waals surface area contributed by atoms with Crippen LogP contribution in [0.4, 0.5) is 10.5 Å². The Bertz CT molecular complexity index is 643. The molecular formula is C20H29N3O4. The number of carbonyl (C=O) groups excluding carboxylic acids is 2. The lowest BCUT2D eigenvalue weighted by Crippen LogP contribution is -2.45. The number of hydrogen-bond acceptors (Lipinski definition) is 5. The van der Waals surface area contributed by atoms with Gasteiger partial charge in [0.1, 0.15) is 6.10 Å². The molecule has 2 atom stereocenters. The van der Waals surface area contributed by atoms with Crippen LogP contribution in [0, 0.1) is 0 Å². The number of ether oxygens (including phenoxy) is 2. The number of nitrogens with one attached hydrogen (secondary N) is 2. The van der Waals surface area contributed by atoms with Crippen molar-refractivity contribution in [3.63, 3.8) is 0 Å². The van der Waals surface area contributed by atoms with E-state index in [0.717, 1.165) is 38.8 Å². The van der Waals surface area contributed by atoms with Crippen LogP contribution in [0.2, 0.25) is 0 Å². The molecule has 0 aromatic heterocycles. The molecule has 1 aromatic rings. The van der Waals surface area contributed by atoms with Gasteiger partial charge in [0.15, 0.2) is 0 Å². The van der Waals surface area contributed by atoms with Gasteiger partial charge in [0.25, 0.3) is 0 Å². The summed E-state index contributed by atoms with van der Waals surface area (Å²) in [6, 6.07) is 6.47. The zero-order valence-electron chi connectivity index (χ0n) is 16.1. The molecule has 2 amide bonds. The van der Waals surface area contributed by atoms with E-state index in [2.05, 4.69) is 15.5 Å². The highest BCUT2D eigenvalue weighted by atomic mass is 16.5. The molecule has 1 aliphatic carbocycles. The van der Waals surface area contributed by atoms with Crippen LogP contribution in [0.25, 0.3) is 0 Å². The monoisotopic (exact) mass is 375 g/mol. The van der Waals surface area contributed by atoms with Gasteiger partial charge in [0, 0.05) is 25.4 Å². The molecule has 3 rings (SSSR count). The number of likely N-dealkylation sites (tertiary alicyclic amines) is 1. The molecule has 7 nitrogen and oxygen atoms in total. The minimum absolute atomic E-state index is 0.00140. The lowest BCUT2D eigenvalue weighted by atomic mass is 10.2. The Morgan fingerprint density at radius 1 is 1.15 bits per heavy atom. The summed E-state index contributed by atoms with van der Waals surface area (Å²) in [5.41, 5.74) is 1.13. The molecule has 0 unspecified atom stereocenters. The number of rotatable bonds is 6. The largest absolute Gasteiger partial charge is 0.459 e. The molecule has 0 spiro atoms. The van der Waals surface area contributed by atoms with E-state index in [4.69, 9.17) is 9.47 Å². The second kappa shape index (κ2) is 9.19. The number of benzene rings is 1. The summed E-state index contributed by atoms with van der Waals surface area (Å²) in [4.78, 5) is 26.6. The van der Waals surface area contributed by atoms with Crippen molar-refractivity contribution in [2.45, 2.75) is 50.9 Å². The summed E-state index contributed by atoms with van der Waals surface area (Å²) in [5, 5.41) is 5.78. The molecule has 1 aliphatic heterocycles. The van der Waals surface area contributed by atoms with Crippen LogP contribution in [-0.4, -0.2) is 61.9 Å². The van der Waals surface area contributed by atoms with Crippen LogP contribution in [-0.2, 0) is 9.47 Å². The van der Waals surface area contributed by atoms with Gasteiger partial charge in [-0.25, -0.2) is 9.59 Å². The number of urea groups is 1. The van der Waals surface area contributed by atoms with Gasteiger partial charge < -0.3 is 25.0 Å². The normalized spacial score (nSPS) is 23.3. The third-order valence-electron chi connectivity index (χ3n) is 5.10. The van der Waals surface area contributed by atoms with Crippen molar-refractivity contribution in [2.24, 2.45) is 0 Å². The standard InChI is InChI=1S/C20H29N3O4/c1-3-26-18-13-23(2)12-17(18)22-20(25)21-15-10-8-14(9-11-15)19(24)27-16-6-4-5-7-16/h8-11,16-18H,3-7,12-13H2,1-2H3,(H2,21,22,25)/t17-,18-/m0/s1. The summed E-state index contributed by atoms with van der Waals surface area (Å²) in [6.45, 7) is 4.13. The minimum atomic E-state index is -0.300. The first-order chi connectivity index (χ1) is 13.0. The van der Waals surface area contributed by atoms with Gasteiger partial charge in [-0.05, 0) is 63.9 Å². The Balaban J connectivity index is 1.50. The summed E-state index contributed by atoms with van der Waals surface area (Å²) >= 11 is 0. The number of likely N-dealkylation sites (N-methyl/N-ethyl adjacent to an activating group) is 1. The van der Waals surface area contributed by atoms with Gasteiger partial charge in [-0.3, -0.25) is 0 Å². The van der Waals surface area contributed by atoms with E-state index in [-0.39, 0.29) is 30.3 Å². The van der Waals surface area contributed by atoms with Crippen LogP contribution in [0.5, 0.6) is 0 Å². The number of amides is 2. The Kier molecular flexibility index (Phi) is 6.68. The van der Waals surface area contributed by atoms with Crippen LogP contribution in [0.1, 0.15) is 43.0 Å². The molecule has 2 aliphatic rings.